The lowest BCUT2D eigenvalue weighted by Gasteiger charge is -2.15. The summed E-state index contributed by atoms with van der Waals surface area (Å²) in [6.07, 6.45) is -6.70. The van der Waals surface area contributed by atoms with Crippen LogP contribution in [0, 0.1) is 0 Å². The molecule has 0 rings (SSSR count). The number of carboxylic acid groups (broad SMARTS) is 1. The van der Waals surface area contributed by atoms with E-state index in [1.165, 1.54) is 0 Å². The van der Waals surface area contributed by atoms with Gasteiger partial charge in [0.15, 0.2) is 6.04 Å². The lowest BCUT2D eigenvalue weighted by molar-refractivity contribution is -0.176. The number of carboxylic acids is 1. The van der Waals surface area contributed by atoms with Crippen molar-refractivity contribution in [2.75, 3.05) is 6.61 Å². The summed E-state index contributed by atoms with van der Waals surface area (Å²) in [5.41, 5.74) is 7.83. The highest BCUT2D eigenvalue weighted by molar-refractivity contribution is 6.35. The number of esters is 2. The zero-order valence-corrected chi connectivity index (χ0v) is 12.3. The highest BCUT2D eigenvalue weighted by Crippen LogP contribution is 2.14. The normalized spacial score (nSPS) is 13.0. The molecule has 13 heteroatoms. The van der Waals surface area contributed by atoms with Crippen LogP contribution in [0.3, 0.4) is 0 Å². The molecule has 0 fully saturated rings. The third-order valence-electron chi connectivity index (χ3n) is 2.29. The van der Waals surface area contributed by atoms with E-state index < -0.39 is 54.5 Å². The minimum absolute atomic E-state index is 0.836. The molecule has 0 aromatic carbocycles. The summed E-state index contributed by atoms with van der Waals surface area (Å²) in [5, 5.41) is 9.80. The van der Waals surface area contributed by atoms with Gasteiger partial charge in [-0.2, -0.15) is 18.0 Å². The first kappa shape index (κ1) is 21.0. The molecule has 10 nitrogen and oxygen atoms in total. The number of alkyl halides is 3. The van der Waals surface area contributed by atoms with Gasteiger partial charge in [0, 0.05) is 6.92 Å². The lowest BCUT2D eigenvalue weighted by atomic mass is 10.2. The summed E-state index contributed by atoms with van der Waals surface area (Å²) in [4.78, 5) is 46.3. The Bertz CT molecular complexity index is 584. The molecule has 1 unspecified atom stereocenters. The molecule has 0 heterocycles. The van der Waals surface area contributed by atoms with Crippen molar-refractivity contribution in [3.8, 4) is 0 Å². The monoisotopic (exact) mass is 355 g/mol. The van der Waals surface area contributed by atoms with Crippen LogP contribution in [0.5, 0.6) is 0 Å². The van der Waals surface area contributed by atoms with Crippen molar-refractivity contribution in [1.29, 1.82) is 0 Å². The van der Waals surface area contributed by atoms with Crippen LogP contribution in [-0.4, -0.2) is 64.4 Å². The maximum absolute atomic E-state index is 12.1. The number of carbonyl (C=O) groups is 4. The van der Waals surface area contributed by atoms with Crippen molar-refractivity contribution in [3.05, 3.63) is 5.53 Å². The van der Waals surface area contributed by atoms with E-state index in [1.54, 1.807) is 0 Å². The van der Waals surface area contributed by atoms with Crippen LogP contribution in [0.1, 0.15) is 13.8 Å². The quantitative estimate of drug-likeness (QED) is 0.264. The topological polar surface area (TPSA) is 155 Å². The third kappa shape index (κ3) is 6.87. The number of aliphatic carboxylic acids is 1. The Balaban J connectivity index is 4.89. The summed E-state index contributed by atoms with van der Waals surface area (Å²) >= 11 is 0. The summed E-state index contributed by atoms with van der Waals surface area (Å²) in [7, 11) is 0. The maximum Gasteiger partial charge on any atom is 0.471 e. The fourth-order valence-electron chi connectivity index (χ4n) is 1.24. The van der Waals surface area contributed by atoms with Crippen LogP contribution in [-0.2, 0) is 28.7 Å². The smallest absolute Gasteiger partial charge is 0.471 e. The largest absolute Gasteiger partial charge is 0.480 e. The van der Waals surface area contributed by atoms with Gasteiger partial charge in [0.2, 0.25) is 6.10 Å². The van der Waals surface area contributed by atoms with E-state index in [0.717, 1.165) is 19.2 Å². The van der Waals surface area contributed by atoms with Crippen molar-refractivity contribution < 1.29 is 51.7 Å². The van der Waals surface area contributed by atoms with Crippen molar-refractivity contribution in [2.24, 2.45) is 0 Å². The van der Waals surface area contributed by atoms with Crippen molar-refractivity contribution in [1.82, 2.24) is 5.32 Å². The van der Waals surface area contributed by atoms with Gasteiger partial charge in [-0.05, 0) is 6.92 Å². The molecule has 0 aliphatic rings. The van der Waals surface area contributed by atoms with Gasteiger partial charge in [-0.25, -0.2) is 9.59 Å². The van der Waals surface area contributed by atoms with Gasteiger partial charge in [0.05, 0.1) is 0 Å². The maximum atomic E-state index is 12.1. The Hall–Kier alpha value is -2.95. The predicted molar refractivity (Wildman–Crippen MR) is 66.4 cm³/mol. The second kappa shape index (κ2) is 8.62. The molecule has 0 bridgehead atoms. The molecule has 0 saturated carbocycles. The average Bonchev–Trinajstić information content (AvgIpc) is 2.41. The molecule has 0 aromatic rings. The van der Waals surface area contributed by atoms with Gasteiger partial charge in [0.1, 0.15) is 6.61 Å². The first-order valence-electron chi connectivity index (χ1n) is 6.06. The number of halogens is 3. The standard InChI is InChI=1S/C11H12F3N3O7/c1-4(24-5(2)18)7(17-15)9(21)23-3-6(8(19)20)16-10(22)11(12,13)14/h4,6H,3H2,1-2H3,(H,16,22)(H,19,20)/t4?,6-/m0/s1. The van der Waals surface area contributed by atoms with Gasteiger partial charge in [0.25, 0.3) is 0 Å². The number of hydrogen-bond donors (Lipinski definition) is 2. The molecule has 0 aliphatic carbocycles. The summed E-state index contributed by atoms with van der Waals surface area (Å²) < 4.78 is 45.1. The Kier molecular flexibility index (Phi) is 7.56. The zero-order chi connectivity index (χ0) is 19.1. The first-order chi connectivity index (χ1) is 10.9. The van der Waals surface area contributed by atoms with E-state index in [0.29, 0.717) is 0 Å². The number of nitrogens with zero attached hydrogens (tertiary/aromatic N) is 2. The van der Waals surface area contributed by atoms with Crippen LogP contribution in [0.25, 0.3) is 5.53 Å². The molecule has 2 N–H and O–H groups in total. The number of nitrogens with one attached hydrogen (secondary N) is 1. The molecular formula is C11H12F3N3O7. The van der Waals surface area contributed by atoms with Crippen molar-refractivity contribution >= 4 is 29.5 Å². The van der Waals surface area contributed by atoms with Crippen LogP contribution in [0.4, 0.5) is 13.2 Å². The number of hydrogen-bond acceptors (Lipinski definition) is 6. The van der Waals surface area contributed by atoms with Crippen molar-refractivity contribution in [3.63, 3.8) is 0 Å². The molecule has 0 saturated heterocycles. The number of rotatable bonds is 7. The molecule has 0 radical (unpaired) electrons. The zero-order valence-electron chi connectivity index (χ0n) is 12.3. The van der Waals surface area contributed by atoms with Crippen LogP contribution in [0.15, 0.2) is 0 Å². The second-order valence-corrected chi connectivity index (χ2v) is 4.20. The Labute approximate surface area is 132 Å². The SMILES string of the molecule is CC(=O)OC(C)C(=[N+]=[N-])C(=O)OC[C@H](NC(=O)C(F)(F)F)C(=O)O. The lowest BCUT2D eigenvalue weighted by Crippen LogP contribution is -2.49. The number of amides is 1. The Morgan fingerprint density at radius 2 is 1.83 bits per heavy atom. The molecule has 134 valence electrons. The number of carbonyl (C=O) groups excluding carboxylic acids is 3. The summed E-state index contributed by atoms with van der Waals surface area (Å²) in [6, 6.07) is -2.20. The molecular weight excluding hydrogens is 343 g/mol. The minimum Gasteiger partial charge on any atom is -0.480 e. The predicted octanol–water partition coefficient (Wildman–Crippen LogP) is -0.716. The molecule has 0 aliphatic heterocycles. The van der Waals surface area contributed by atoms with Crippen LogP contribution < -0.4 is 5.32 Å². The van der Waals surface area contributed by atoms with E-state index in [4.69, 9.17) is 10.6 Å². The Morgan fingerprint density at radius 1 is 1.29 bits per heavy atom. The van der Waals surface area contributed by atoms with Crippen molar-refractivity contribution in [2.45, 2.75) is 32.2 Å². The fourth-order valence-corrected chi connectivity index (χ4v) is 1.24. The minimum atomic E-state index is -5.33. The molecule has 1 amide bonds. The van der Waals surface area contributed by atoms with E-state index in [1.807, 2.05) is 0 Å². The molecule has 0 aromatic heterocycles. The van der Waals surface area contributed by atoms with E-state index in [2.05, 4.69) is 14.3 Å². The number of ether oxygens (including phenoxy) is 2. The summed E-state index contributed by atoms with van der Waals surface area (Å²) in [6.45, 7) is 0.920. The van der Waals surface area contributed by atoms with Gasteiger partial charge < -0.3 is 25.4 Å². The Morgan fingerprint density at radius 3 is 2.21 bits per heavy atom. The molecule has 0 spiro atoms. The van der Waals surface area contributed by atoms with Gasteiger partial charge in [-0.1, -0.05) is 0 Å². The first-order valence-corrected chi connectivity index (χ1v) is 6.06. The van der Waals surface area contributed by atoms with E-state index in [-0.39, 0.29) is 0 Å². The van der Waals surface area contributed by atoms with Crippen LogP contribution >= 0.6 is 0 Å². The van der Waals surface area contributed by atoms with Gasteiger partial charge in [-0.15, -0.1) is 0 Å². The van der Waals surface area contributed by atoms with E-state index >= 15 is 0 Å². The highest BCUT2D eigenvalue weighted by atomic mass is 19.4. The second-order valence-electron chi connectivity index (χ2n) is 4.20. The summed E-state index contributed by atoms with van der Waals surface area (Å²) in [5.74, 6) is -6.75. The molecule has 24 heavy (non-hydrogen) atoms. The average molecular weight is 355 g/mol. The molecule has 2 atom stereocenters. The van der Waals surface area contributed by atoms with Crippen LogP contribution in [0.2, 0.25) is 0 Å². The highest BCUT2D eigenvalue weighted by Gasteiger charge is 2.41. The fraction of sp³-hybridized carbons (Fsp3) is 0.545. The third-order valence-corrected chi connectivity index (χ3v) is 2.29. The van der Waals surface area contributed by atoms with Gasteiger partial charge in [-0.3, -0.25) is 9.59 Å². The van der Waals surface area contributed by atoms with E-state index in [9.17, 15) is 32.3 Å². The van der Waals surface area contributed by atoms with Gasteiger partial charge >= 0.3 is 35.7 Å².